The average molecular weight is 265 g/mol. The van der Waals surface area contributed by atoms with E-state index in [9.17, 15) is 14.7 Å². The van der Waals surface area contributed by atoms with Gasteiger partial charge in [0.2, 0.25) is 0 Å². The van der Waals surface area contributed by atoms with E-state index >= 15 is 0 Å². The number of ether oxygens (including phenoxy) is 1. The molecule has 0 aliphatic rings. The van der Waals surface area contributed by atoms with Gasteiger partial charge in [0.25, 0.3) is 0 Å². The van der Waals surface area contributed by atoms with Crippen LogP contribution in [-0.2, 0) is 16.0 Å². The van der Waals surface area contributed by atoms with Crippen LogP contribution in [0.4, 0.5) is 10.5 Å². The summed E-state index contributed by atoms with van der Waals surface area (Å²) < 4.78 is 5.08. The topological polar surface area (TPSA) is 75.6 Å². The molecule has 0 radical (unpaired) electrons. The highest BCUT2D eigenvalue weighted by molar-refractivity contribution is 5.87. The second kappa shape index (κ2) is 5.73. The molecule has 0 bridgehead atoms. The van der Waals surface area contributed by atoms with Crippen molar-refractivity contribution < 1.29 is 19.4 Å². The Bertz CT molecular complexity index is 489. The van der Waals surface area contributed by atoms with Gasteiger partial charge < -0.3 is 9.84 Å². The lowest BCUT2D eigenvalue weighted by atomic mass is 10.1. The van der Waals surface area contributed by atoms with Crippen molar-refractivity contribution in [3.8, 4) is 5.75 Å². The summed E-state index contributed by atoms with van der Waals surface area (Å²) in [6, 6.07) is 4.67. The Balaban J connectivity index is 2.75. The summed E-state index contributed by atoms with van der Waals surface area (Å²) in [7, 11) is 0. The van der Waals surface area contributed by atoms with Crippen LogP contribution < -0.4 is 5.32 Å². The molecule has 0 saturated heterocycles. The first-order valence-electron chi connectivity index (χ1n) is 5.99. The highest BCUT2D eigenvalue weighted by Gasteiger charge is 2.17. The van der Waals surface area contributed by atoms with E-state index in [0.29, 0.717) is 5.56 Å². The molecule has 2 N–H and O–H groups in total. The Kier molecular flexibility index (Phi) is 4.53. The predicted molar refractivity (Wildman–Crippen MR) is 72.3 cm³/mol. The molecular formula is C14H19NO4. The zero-order valence-corrected chi connectivity index (χ0v) is 11.6. The number of phenolic OH excluding ortho intramolecular Hbond substituents is 1. The van der Waals surface area contributed by atoms with E-state index in [-0.39, 0.29) is 23.6 Å². The first-order valence-corrected chi connectivity index (χ1v) is 5.99. The van der Waals surface area contributed by atoms with Gasteiger partial charge >= 0.3 is 6.09 Å². The molecule has 0 fully saturated rings. The van der Waals surface area contributed by atoms with Crippen LogP contribution in [0.15, 0.2) is 18.2 Å². The highest BCUT2D eigenvalue weighted by Crippen LogP contribution is 2.25. The number of ketones is 1. The summed E-state index contributed by atoms with van der Waals surface area (Å²) in [6.45, 7) is 6.73. The van der Waals surface area contributed by atoms with Crippen LogP contribution >= 0.6 is 0 Å². The maximum Gasteiger partial charge on any atom is 0.412 e. The molecule has 19 heavy (non-hydrogen) atoms. The van der Waals surface area contributed by atoms with Gasteiger partial charge in [0.15, 0.2) is 0 Å². The van der Waals surface area contributed by atoms with Crippen LogP contribution in [0.1, 0.15) is 33.3 Å². The number of hydrogen-bond donors (Lipinski definition) is 2. The molecule has 0 heterocycles. The minimum absolute atomic E-state index is 0.00671. The van der Waals surface area contributed by atoms with E-state index in [1.54, 1.807) is 26.8 Å². The minimum Gasteiger partial charge on any atom is -0.506 e. The third-order valence-electron chi connectivity index (χ3n) is 2.15. The number of Topliss-reactive ketones (excluding diaryl/α,β-unsaturated/α-hetero) is 1. The molecule has 0 aliphatic heterocycles. The van der Waals surface area contributed by atoms with Crippen LogP contribution in [0.3, 0.4) is 0 Å². The van der Waals surface area contributed by atoms with E-state index in [2.05, 4.69) is 5.32 Å². The second-order valence-electron chi connectivity index (χ2n) is 5.36. The Morgan fingerprint density at radius 2 is 1.95 bits per heavy atom. The molecule has 1 aromatic rings. The molecule has 0 atom stereocenters. The van der Waals surface area contributed by atoms with E-state index < -0.39 is 11.7 Å². The number of nitrogens with one attached hydrogen (secondary N) is 1. The van der Waals surface area contributed by atoms with Gasteiger partial charge in [-0.05, 0) is 45.4 Å². The lowest BCUT2D eigenvalue weighted by Crippen LogP contribution is -2.27. The number of anilines is 1. The van der Waals surface area contributed by atoms with Gasteiger partial charge in [0.05, 0.1) is 5.69 Å². The van der Waals surface area contributed by atoms with Gasteiger partial charge in [-0.15, -0.1) is 0 Å². The largest absolute Gasteiger partial charge is 0.506 e. The SMILES string of the molecule is CC(=O)Cc1ccc(NC(=O)OC(C)(C)C)c(O)c1. The molecule has 5 heteroatoms. The van der Waals surface area contributed by atoms with E-state index in [4.69, 9.17) is 4.74 Å². The molecule has 1 amide bonds. The van der Waals surface area contributed by atoms with Crippen LogP contribution in [0.5, 0.6) is 5.75 Å². The summed E-state index contributed by atoms with van der Waals surface area (Å²) in [5.74, 6) is -0.0862. The summed E-state index contributed by atoms with van der Waals surface area (Å²) in [5.41, 5.74) is 0.343. The van der Waals surface area contributed by atoms with Crippen molar-refractivity contribution in [2.45, 2.75) is 39.7 Å². The summed E-state index contributed by atoms with van der Waals surface area (Å²) >= 11 is 0. The third-order valence-corrected chi connectivity index (χ3v) is 2.15. The van der Waals surface area contributed by atoms with Crippen LogP contribution in [0.25, 0.3) is 0 Å². The van der Waals surface area contributed by atoms with Crippen LogP contribution in [0.2, 0.25) is 0 Å². The minimum atomic E-state index is -0.637. The molecule has 0 spiro atoms. The molecule has 1 aromatic carbocycles. The summed E-state index contributed by atoms with van der Waals surface area (Å²) in [4.78, 5) is 22.5. The van der Waals surface area contributed by atoms with Crippen molar-refractivity contribution in [1.82, 2.24) is 0 Å². The van der Waals surface area contributed by atoms with Crippen molar-refractivity contribution in [2.24, 2.45) is 0 Å². The van der Waals surface area contributed by atoms with Crippen molar-refractivity contribution in [3.63, 3.8) is 0 Å². The fourth-order valence-electron chi connectivity index (χ4n) is 1.49. The van der Waals surface area contributed by atoms with Gasteiger partial charge in [-0.25, -0.2) is 4.79 Å². The number of carbonyl (C=O) groups excluding carboxylic acids is 2. The van der Waals surface area contributed by atoms with Gasteiger partial charge in [0, 0.05) is 6.42 Å². The maximum absolute atomic E-state index is 11.5. The molecule has 0 aromatic heterocycles. The first-order chi connectivity index (χ1) is 8.67. The van der Waals surface area contributed by atoms with Crippen molar-refractivity contribution >= 4 is 17.6 Å². The predicted octanol–water partition coefficient (Wildman–Crippen LogP) is 2.87. The summed E-state index contributed by atoms with van der Waals surface area (Å²) in [6.07, 6.45) is -0.387. The normalized spacial score (nSPS) is 10.9. The highest BCUT2D eigenvalue weighted by atomic mass is 16.6. The quantitative estimate of drug-likeness (QED) is 0.824. The number of rotatable bonds is 3. The van der Waals surface area contributed by atoms with Crippen molar-refractivity contribution in [2.75, 3.05) is 5.32 Å². The number of phenols is 1. The Hall–Kier alpha value is -2.04. The molecule has 1 rings (SSSR count). The van der Waals surface area contributed by atoms with Crippen LogP contribution in [-0.4, -0.2) is 22.6 Å². The fraction of sp³-hybridized carbons (Fsp3) is 0.429. The Labute approximate surface area is 112 Å². The van der Waals surface area contributed by atoms with Crippen LogP contribution in [0, 0.1) is 0 Å². The van der Waals surface area contributed by atoms with Gasteiger partial charge in [0.1, 0.15) is 17.1 Å². The maximum atomic E-state index is 11.5. The van der Waals surface area contributed by atoms with Gasteiger partial charge in [-0.3, -0.25) is 10.1 Å². The molecule has 0 unspecified atom stereocenters. The van der Waals surface area contributed by atoms with E-state index in [0.717, 1.165) is 0 Å². The molecule has 104 valence electrons. The first kappa shape index (κ1) is 15.0. The lowest BCUT2D eigenvalue weighted by molar-refractivity contribution is -0.116. The Morgan fingerprint density at radius 1 is 1.32 bits per heavy atom. The van der Waals surface area contributed by atoms with E-state index in [1.165, 1.54) is 19.1 Å². The molecule has 5 nitrogen and oxygen atoms in total. The zero-order valence-electron chi connectivity index (χ0n) is 11.6. The fourth-order valence-corrected chi connectivity index (χ4v) is 1.49. The molecular weight excluding hydrogens is 246 g/mol. The molecule has 0 aliphatic carbocycles. The van der Waals surface area contributed by atoms with Crippen molar-refractivity contribution in [3.05, 3.63) is 23.8 Å². The zero-order chi connectivity index (χ0) is 14.6. The third kappa shape index (κ3) is 5.42. The molecule has 0 saturated carbocycles. The second-order valence-corrected chi connectivity index (χ2v) is 5.36. The number of benzene rings is 1. The number of aromatic hydroxyl groups is 1. The summed E-state index contributed by atoms with van der Waals surface area (Å²) in [5, 5.41) is 12.2. The lowest BCUT2D eigenvalue weighted by Gasteiger charge is -2.20. The van der Waals surface area contributed by atoms with Gasteiger partial charge in [-0.1, -0.05) is 6.07 Å². The number of carbonyl (C=O) groups is 2. The number of amides is 1. The average Bonchev–Trinajstić information content (AvgIpc) is 2.18. The standard InChI is InChI=1S/C14H19NO4/c1-9(16)7-10-5-6-11(12(17)8-10)15-13(18)19-14(2,3)4/h5-6,8,17H,7H2,1-4H3,(H,15,18). The van der Waals surface area contributed by atoms with Gasteiger partial charge in [-0.2, -0.15) is 0 Å². The Morgan fingerprint density at radius 3 is 2.42 bits per heavy atom. The van der Waals surface area contributed by atoms with Crippen molar-refractivity contribution in [1.29, 1.82) is 0 Å². The number of hydrogen-bond acceptors (Lipinski definition) is 4. The smallest absolute Gasteiger partial charge is 0.412 e. The monoisotopic (exact) mass is 265 g/mol. The van der Waals surface area contributed by atoms with E-state index in [1.807, 2.05) is 0 Å².